The molecule has 3 heteroatoms. The lowest BCUT2D eigenvalue weighted by Crippen LogP contribution is -2.20. The van der Waals surface area contributed by atoms with Crippen LogP contribution in [0.25, 0.3) is 0 Å². The Morgan fingerprint density at radius 3 is 2.61 bits per heavy atom. The van der Waals surface area contributed by atoms with Crippen LogP contribution in [0.15, 0.2) is 48.1 Å². The molecule has 2 aliphatic carbocycles. The van der Waals surface area contributed by atoms with Crippen LogP contribution in [0, 0.1) is 17.3 Å². The molecule has 0 aromatic heterocycles. The predicted molar refractivity (Wildman–Crippen MR) is 91.7 cm³/mol. The topological polar surface area (TPSA) is 43.4 Å². The summed E-state index contributed by atoms with van der Waals surface area (Å²) in [6.07, 6.45) is 6.46. The van der Waals surface area contributed by atoms with Crippen molar-refractivity contribution in [2.24, 2.45) is 17.3 Å². The highest BCUT2D eigenvalue weighted by Crippen LogP contribution is 2.59. The number of rotatable bonds is 6. The number of ketones is 1. The van der Waals surface area contributed by atoms with Crippen LogP contribution in [0.1, 0.15) is 40.5 Å². The fourth-order valence-electron chi connectivity index (χ4n) is 3.49. The highest BCUT2D eigenvalue weighted by Gasteiger charge is 2.61. The normalized spacial score (nSPS) is 29.0. The fourth-order valence-corrected chi connectivity index (χ4v) is 3.49. The van der Waals surface area contributed by atoms with Gasteiger partial charge in [-0.1, -0.05) is 32.6 Å². The summed E-state index contributed by atoms with van der Waals surface area (Å²) in [5.74, 6) is -0.284. The molecule has 0 aromatic carbocycles. The van der Waals surface area contributed by atoms with Crippen LogP contribution in [0.4, 0.5) is 0 Å². The minimum absolute atomic E-state index is 0.000228. The lowest BCUT2D eigenvalue weighted by Gasteiger charge is -2.14. The summed E-state index contributed by atoms with van der Waals surface area (Å²) in [7, 11) is 0. The summed E-state index contributed by atoms with van der Waals surface area (Å²) in [6, 6.07) is 0. The van der Waals surface area contributed by atoms with E-state index in [2.05, 4.69) is 13.2 Å². The first-order chi connectivity index (χ1) is 10.7. The van der Waals surface area contributed by atoms with Gasteiger partial charge >= 0.3 is 5.97 Å². The number of esters is 1. The number of ether oxygens (including phenoxy) is 1. The maximum atomic E-state index is 12.5. The molecule has 1 fully saturated rings. The van der Waals surface area contributed by atoms with Gasteiger partial charge in [0.1, 0.15) is 6.10 Å². The van der Waals surface area contributed by atoms with Crippen LogP contribution in [0.5, 0.6) is 0 Å². The molecule has 3 atom stereocenters. The van der Waals surface area contributed by atoms with E-state index in [4.69, 9.17) is 4.74 Å². The zero-order valence-electron chi connectivity index (χ0n) is 14.5. The van der Waals surface area contributed by atoms with Crippen molar-refractivity contribution in [1.82, 2.24) is 0 Å². The monoisotopic (exact) mass is 314 g/mol. The Balaban J connectivity index is 2.05. The quantitative estimate of drug-likeness (QED) is 0.420. The van der Waals surface area contributed by atoms with Crippen LogP contribution in [0.3, 0.4) is 0 Å². The first-order valence-corrected chi connectivity index (χ1v) is 8.08. The molecule has 2 aliphatic rings. The number of hydrogen-bond acceptors (Lipinski definition) is 3. The van der Waals surface area contributed by atoms with E-state index >= 15 is 0 Å². The molecule has 23 heavy (non-hydrogen) atoms. The second-order valence-electron chi connectivity index (χ2n) is 7.18. The fraction of sp³-hybridized carbons (Fsp3) is 0.500. The Hall–Kier alpha value is -1.90. The molecule has 1 saturated carbocycles. The molecule has 0 aliphatic heterocycles. The van der Waals surface area contributed by atoms with E-state index in [-0.39, 0.29) is 35.1 Å². The summed E-state index contributed by atoms with van der Waals surface area (Å²) >= 11 is 0. The SMILES string of the molecule is C=CCC1=C(C)C(OC(=O)[C@@H]2[C@@H](C=CC(C)=O)C2(C)C)CC1=C. The maximum absolute atomic E-state index is 12.5. The average Bonchev–Trinajstić information content (AvgIpc) is 2.91. The molecule has 0 bridgehead atoms. The van der Waals surface area contributed by atoms with Crippen molar-refractivity contribution in [3.8, 4) is 0 Å². The molecule has 0 aromatic rings. The highest BCUT2D eigenvalue weighted by molar-refractivity contribution is 5.87. The van der Waals surface area contributed by atoms with Gasteiger partial charge in [-0.25, -0.2) is 0 Å². The Labute approximate surface area is 138 Å². The lowest BCUT2D eigenvalue weighted by atomic mass is 10.1. The summed E-state index contributed by atoms with van der Waals surface area (Å²) in [4.78, 5) is 23.6. The first kappa shape index (κ1) is 17.5. The Morgan fingerprint density at radius 1 is 1.39 bits per heavy atom. The van der Waals surface area contributed by atoms with E-state index < -0.39 is 0 Å². The van der Waals surface area contributed by atoms with Gasteiger partial charge in [0, 0.05) is 6.42 Å². The Kier molecular flexibility index (Phi) is 4.79. The van der Waals surface area contributed by atoms with Crippen molar-refractivity contribution in [3.63, 3.8) is 0 Å². The minimum atomic E-state index is -0.209. The lowest BCUT2D eigenvalue weighted by molar-refractivity contribution is -0.149. The van der Waals surface area contributed by atoms with E-state index in [1.807, 2.05) is 32.9 Å². The van der Waals surface area contributed by atoms with Crippen molar-refractivity contribution in [2.75, 3.05) is 0 Å². The van der Waals surface area contributed by atoms with Crippen LogP contribution in [-0.2, 0) is 14.3 Å². The molecular weight excluding hydrogens is 288 g/mol. The third-order valence-corrected chi connectivity index (χ3v) is 5.13. The van der Waals surface area contributed by atoms with Gasteiger partial charge in [-0.15, -0.1) is 6.58 Å². The Bertz CT molecular complexity index is 619. The van der Waals surface area contributed by atoms with Gasteiger partial charge in [0.25, 0.3) is 0 Å². The number of hydrogen-bond donors (Lipinski definition) is 0. The van der Waals surface area contributed by atoms with Crippen molar-refractivity contribution in [2.45, 2.75) is 46.6 Å². The standard InChI is InChI=1S/C20H26O3/c1-7-8-15-12(2)11-17(14(15)4)23-19(22)18-16(20(18,5)6)10-9-13(3)21/h7,9-10,16-18H,1-2,8,11H2,3-6H3/t16-,17?,18+/m1/s1. The second kappa shape index (κ2) is 6.31. The van der Waals surface area contributed by atoms with Gasteiger partial charge in [-0.05, 0) is 54.4 Å². The van der Waals surface area contributed by atoms with Gasteiger partial charge in [-0.3, -0.25) is 9.59 Å². The van der Waals surface area contributed by atoms with Crippen LogP contribution in [0.2, 0.25) is 0 Å². The molecule has 0 amide bonds. The molecule has 0 N–H and O–H groups in total. The molecule has 0 saturated heterocycles. The highest BCUT2D eigenvalue weighted by atomic mass is 16.5. The summed E-state index contributed by atoms with van der Waals surface area (Å²) in [6.45, 7) is 15.4. The largest absolute Gasteiger partial charge is 0.457 e. The van der Waals surface area contributed by atoms with Crippen molar-refractivity contribution < 1.29 is 14.3 Å². The molecule has 1 unspecified atom stereocenters. The third-order valence-electron chi connectivity index (χ3n) is 5.13. The zero-order valence-corrected chi connectivity index (χ0v) is 14.5. The molecule has 0 radical (unpaired) electrons. The van der Waals surface area contributed by atoms with Gasteiger partial charge in [0.05, 0.1) is 5.92 Å². The van der Waals surface area contributed by atoms with Gasteiger partial charge in [-0.2, -0.15) is 0 Å². The van der Waals surface area contributed by atoms with Crippen LogP contribution in [-0.4, -0.2) is 17.9 Å². The van der Waals surface area contributed by atoms with Gasteiger partial charge in [0.2, 0.25) is 0 Å². The smallest absolute Gasteiger partial charge is 0.310 e. The molecule has 2 rings (SSSR count). The first-order valence-electron chi connectivity index (χ1n) is 8.08. The molecule has 124 valence electrons. The average molecular weight is 314 g/mol. The van der Waals surface area contributed by atoms with E-state index in [0.29, 0.717) is 6.42 Å². The van der Waals surface area contributed by atoms with E-state index in [9.17, 15) is 9.59 Å². The summed E-state index contributed by atoms with van der Waals surface area (Å²) in [5.41, 5.74) is 3.11. The number of carbonyl (C=O) groups excluding carboxylic acids is 2. The molecule has 3 nitrogen and oxygen atoms in total. The molecule has 0 spiro atoms. The van der Waals surface area contributed by atoms with Crippen molar-refractivity contribution in [3.05, 3.63) is 48.1 Å². The Morgan fingerprint density at radius 2 is 2.04 bits per heavy atom. The van der Waals surface area contributed by atoms with E-state index in [0.717, 1.165) is 23.1 Å². The van der Waals surface area contributed by atoms with Gasteiger partial charge < -0.3 is 4.74 Å². The summed E-state index contributed by atoms with van der Waals surface area (Å²) < 4.78 is 5.76. The van der Waals surface area contributed by atoms with E-state index in [1.165, 1.54) is 6.92 Å². The van der Waals surface area contributed by atoms with Crippen molar-refractivity contribution >= 4 is 11.8 Å². The van der Waals surface area contributed by atoms with Crippen LogP contribution < -0.4 is 0 Å². The van der Waals surface area contributed by atoms with Crippen LogP contribution >= 0.6 is 0 Å². The molecular formula is C20H26O3. The second-order valence-corrected chi connectivity index (χ2v) is 7.18. The molecule has 0 heterocycles. The third kappa shape index (κ3) is 3.39. The number of carbonyl (C=O) groups is 2. The predicted octanol–water partition coefficient (Wildman–Crippen LogP) is 4.17. The van der Waals surface area contributed by atoms with Crippen molar-refractivity contribution in [1.29, 1.82) is 0 Å². The zero-order chi connectivity index (χ0) is 17.4. The van der Waals surface area contributed by atoms with Gasteiger partial charge in [0.15, 0.2) is 5.78 Å². The van der Waals surface area contributed by atoms with E-state index in [1.54, 1.807) is 6.08 Å². The minimum Gasteiger partial charge on any atom is -0.457 e. The summed E-state index contributed by atoms with van der Waals surface area (Å²) in [5, 5.41) is 0. The maximum Gasteiger partial charge on any atom is 0.310 e. The number of allylic oxidation sites excluding steroid dienone is 4.